The summed E-state index contributed by atoms with van der Waals surface area (Å²) in [6.07, 6.45) is 9.11. The summed E-state index contributed by atoms with van der Waals surface area (Å²) in [6.45, 7) is 5.54. The first kappa shape index (κ1) is 16.5. The molecule has 0 unspecified atom stereocenters. The third-order valence-corrected chi connectivity index (χ3v) is 5.78. The second-order valence-corrected chi connectivity index (χ2v) is 6.92. The molecule has 0 radical (unpaired) electrons. The summed E-state index contributed by atoms with van der Waals surface area (Å²) >= 11 is 0. The molecule has 120 valence electrons. The number of aliphatic hydroxyl groups is 2. The zero-order valence-electron chi connectivity index (χ0n) is 13.4. The number of rotatable bonds is 5. The van der Waals surface area contributed by atoms with Gasteiger partial charge in [-0.2, -0.15) is 0 Å². The summed E-state index contributed by atoms with van der Waals surface area (Å²) in [7, 11) is 0. The highest BCUT2D eigenvalue weighted by atomic mass is 16.3. The van der Waals surface area contributed by atoms with Crippen molar-refractivity contribution in [2.24, 2.45) is 17.8 Å². The first-order valence-electron chi connectivity index (χ1n) is 8.22. The maximum absolute atomic E-state index is 12.3. The van der Waals surface area contributed by atoms with Crippen LogP contribution in [0.1, 0.15) is 52.9 Å². The quantitative estimate of drug-likeness (QED) is 0.680. The van der Waals surface area contributed by atoms with Crippen molar-refractivity contribution in [1.82, 2.24) is 5.32 Å². The maximum Gasteiger partial charge on any atom is 0.226 e. The van der Waals surface area contributed by atoms with Crippen LogP contribution < -0.4 is 5.32 Å². The molecular weight excluding hydrogens is 266 g/mol. The van der Waals surface area contributed by atoms with Crippen LogP contribution in [-0.4, -0.2) is 33.9 Å². The number of carbonyl (C=O) groups is 1. The molecule has 4 heteroatoms. The molecule has 1 saturated heterocycles. The summed E-state index contributed by atoms with van der Waals surface area (Å²) in [5, 5.41) is 24.1. The average Bonchev–Trinajstić information content (AvgIpc) is 2.68. The van der Waals surface area contributed by atoms with Crippen LogP contribution in [0.25, 0.3) is 0 Å². The van der Waals surface area contributed by atoms with Crippen molar-refractivity contribution < 1.29 is 15.0 Å². The van der Waals surface area contributed by atoms with Gasteiger partial charge in [0.2, 0.25) is 5.91 Å². The Hall–Kier alpha value is -0.870. The lowest BCUT2D eigenvalue weighted by atomic mass is 9.64. The van der Waals surface area contributed by atoms with E-state index in [-0.39, 0.29) is 24.3 Å². The van der Waals surface area contributed by atoms with Gasteiger partial charge in [-0.25, -0.2) is 0 Å². The van der Waals surface area contributed by atoms with E-state index >= 15 is 0 Å². The van der Waals surface area contributed by atoms with Crippen molar-refractivity contribution in [3.8, 4) is 0 Å². The van der Waals surface area contributed by atoms with Crippen LogP contribution in [0.15, 0.2) is 12.2 Å². The van der Waals surface area contributed by atoms with Crippen LogP contribution >= 0.6 is 0 Å². The lowest BCUT2D eigenvalue weighted by Crippen LogP contribution is -2.64. The molecule has 0 spiro atoms. The minimum Gasteiger partial charge on any atom is -0.394 e. The molecule has 0 bridgehead atoms. The maximum atomic E-state index is 12.3. The smallest absolute Gasteiger partial charge is 0.226 e. The van der Waals surface area contributed by atoms with E-state index in [9.17, 15) is 15.0 Å². The monoisotopic (exact) mass is 295 g/mol. The van der Waals surface area contributed by atoms with E-state index < -0.39 is 17.1 Å². The van der Waals surface area contributed by atoms with Gasteiger partial charge in [0.25, 0.3) is 0 Å². The number of allylic oxidation sites excluding steroid dienone is 2. The normalized spacial score (nSPS) is 41.1. The van der Waals surface area contributed by atoms with E-state index in [4.69, 9.17) is 0 Å². The summed E-state index contributed by atoms with van der Waals surface area (Å²) in [4.78, 5) is 12.3. The van der Waals surface area contributed by atoms with Crippen molar-refractivity contribution in [2.75, 3.05) is 6.61 Å². The third-order valence-electron chi connectivity index (χ3n) is 5.78. The molecule has 1 amide bonds. The van der Waals surface area contributed by atoms with Crippen LogP contribution in [0.4, 0.5) is 0 Å². The van der Waals surface area contributed by atoms with Gasteiger partial charge in [-0.3, -0.25) is 4.79 Å². The number of carbonyl (C=O) groups excluding carboxylic acids is 1. The van der Waals surface area contributed by atoms with Crippen LogP contribution in [0, 0.1) is 17.8 Å². The van der Waals surface area contributed by atoms with Gasteiger partial charge in [-0.15, -0.1) is 0 Å². The van der Waals surface area contributed by atoms with Crippen LogP contribution in [0.3, 0.4) is 0 Å². The molecular formula is C17H29NO3. The van der Waals surface area contributed by atoms with Gasteiger partial charge in [-0.05, 0) is 44.4 Å². The van der Waals surface area contributed by atoms with Crippen molar-refractivity contribution in [3.05, 3.63) is 12.2 Å². The van der Waals surface area contributed by atoms with E-state index in [1.807, 2.05) is 13.8 Å². The first-order valence-corrected chi connectivity index (χ1v) is 8.22. The number of aliphatic hydroxyl groups excluding tert-OH is 1. The Morgan fingerprint density at radius 2 is 2.24 bits per heavy atom. The van der Waals surface area contributed by atoms with E-state index in [1.165, 1.54) is 0 Å². The van der Waals surface area contributed by atoms with Crippen molar-refractivity contribution in [1.29, 1.82) is 0 Å². The van der Waals surface area contributed by atoms with Crippen molar-refractivity contribution in [3.63, 3.8) is 0 Å². The fourth-order valence-electron chi connectivity index (χ4n) is 4.24. The molecule has 1 heterocycles. The molecule has 3 N–H and O–H groups in total. The highest BCUT2D eigenvalue weighted by Crippen LogP contribution is 2.46. The first-order chi connectivity index (χ1) is 9.90. The topological polar surface area (TPSA) is 69.6 Å². The van der Waals surface area contributed by atoms with E-state index in [0.717, 1.165) is 25.7 Å². The van der Waals surface area contributed by atoms with Gasteiger partial charge in [0.1, 0.15) is 0 Å². The van der Waals surface area contributed by atoms with Crippen molar-refractivity contribution >= 4 is 5.91 Å². The Balaban J connectivity index is 2.33. The Labute approximate surface area is 127 Å². The predicted molar refractivity (Wildman–Crippen MR) is 82.6 cm³/mol. The second kappa shape index (κ2) is 6.09. The molecule has 0 saturated carbocycles. The Morgan fingerprint density at radius 1 is 1.52 bits per heavy atom. The molecule has 2 aliphatic rings. The van der Waals surface area contributed by atoms with E-state index in [1.54, 1.807) is 6.92 Å². The molecule has 4 nitrogen and oxygen atoms in total. The Bertz CT molecular complexity index is 418. The number of hydrogen-bond donors (Lipinski definition) is 3. The van der Waals surface area contributed by atoms with Gasteiger partial charge < -0.3 is 15.5 Å². The minimum absolute atomic E-state index is 0.000133. The number of amides is 1. The van der Waals surface area contributed by atoms with Gasteiger partial charge in [0, 0.05) is 0 Å². The third kappa shape index (κ3) is 2.53. The lowest BCUT2D eigenvalue weighted by molar-refractivity contribution is -0.126. The van der Waals surface area contributed by atoms with E-state index in [0.29, 0.717) is 6.42 Å². The Morgan fingerprint density at radius 3 is 2.76 bits per heavy atom. The fraction of sp³-hybridized carbons (Fsp3) is 0.824. The van der Waals surface area contributed by atoms with Crippen LogP contribution in [-0.2, 0) is 4.79 Å². The van der Waals surface area contributed by atoms with Crippen LogP contribution in [0.2, 0.25) is 0 Å². The number of nitrogens with one attached hydrogen (secondary N) is 1. The zero-order chi connectivity index (χ0) is 15.7. The summed E-state index contributed by atoms with van der Waals surface area (Å²) in [5.41, 5.74) is -2.17. The zero-order valence-corrected chi connectivity index (χ0v) is 13.4. The highest BCUT2D eigenvalue weighted by molar-refractivity contribution is 5.84. The second-order valence-electron chi connectivity index (χ2n) is 6.92. The molecule has 0 aromatic rings. The molecule has 0 aromatic heterocycles. The van der Waals surface area contributed by atoms with Gasteiger partial charge >= 0.3 is 0 Å². The van der Waals surface area contributed by atoms with E-state index in [2.05, 4.69) is 17.5 Å². The van der Waals surface area contributed by atoms with Crippen LogP contribution in [0.5, 0.6) is 0 Å². The van der Waals surface area contributed by atoms with Gasteiger partial charge in [0.15, 0.2) is 0 Å². The summed E-state index contributed by atoms with van der Waals surface area (Å²) < 4.78 is 0. The van der Waals surface area contributed by atoms with Crippen molar-refractivity contribution in [2.45, 2.75) is 64.0 Å². The summed E-state index contributed by atoms with van der Waals surface area (Å²) in [5.74, 6) is -0.273. The number of hydrogen-bond acceptors (Lipinski definition) is 3. The molecule has 5 atom stereocenters. The molecule has 0 aromatic carbocycles. The molecule has 21 heavy (non-hydrogen) atoms. The Kier molecular flexibility index (Phi) is 4.79. The standard InChI is InChI=1S/C17H29NO3/c1-4-8-14-15(20)18-17(11-19,16(14,3)21)12(2)13-9-6-5-7-10-13/h6,9,12-14,19,21H,4-5,7-8,10-11H2,1-3H3,(H,18,20)/t12-,13+,14-,16-,17+/m0/s1. The fourth-order valence-corrected chi connectivity index (χ4v) is 4.24. The molecule has 1 aliphatic heterocycles. The highest BCUT2D eigenvalue weighted by Gasteiger charge is 2.63. The summed E-state index contributed by atoms with van der Waals surface area (Å²) in [6, 6.07) is 0. The SMILES string of the molecule is CCC[C@H]1C(=O)N[C@](CO)([C@@H](C)[C@@H]2C=CCCC2)[C@@]1(C)O. The van der Waals surface area contributed by atoms with Gasteiger partial charge in [-0.1, -0.05) is 32.4 Å². The predicted octanol–water partition coefficient (Wildman–Crippen LogP) is 2.01. The molecule has 2 rings (SSSR count). The molecule has 1 fully saturated rings. The average molecular weight is 295 g/mol. The largest absolute Gasteiger partial charge is 0.394 e. The molecule has 1 aliphatic carbocycles. The van der Waals surface area contributed by atoms with Gasteiger partial charge in [0.05, 0.1) is 23.7 Å². The minimum atomic E-state index is -1.22. The lowest BCUT2D eigenvalue weighted by Gasteiger charge is -2.46.